The number of H-pyrrole nitrogens is 1. The molecule has 0 aliphatic carbocycles. The molecule has 0 saturated carbocycles. The number of aromatic carboxylic acids is 2. The summed E-state index contributed by atoms with van der Waals surface area (Å²) in [7, 11) is 0. The number of ether oxygens (including phenoxy) is 1. The van der Waals surface area contributed by atoms with Crippen molar-refractivity contribution in [2.75, 3.05) is 12.3 Å². The number of rotatable bonds is 6. The lowest BCUT2D eigenvalue weighted by molar-refractivity contribution is -0.137. The van der Waals surface area contributed by atoms with Gasteiger partial charge in [0, 0.05) is 11.1 Å². The van der Waals surface area contributed by atoms with Crippen molar-refractivity contribution in [3.8, 4) is 16.9 Å². The molecular weight excluding hydrogens is 385 g/mol. The topological polar surface area (TPSA) is 143 Å². The first-order valence-electron chi connectivity index (χ1n) is 7.85. The van der Waals surface area contributed by atoms with Crippen LogP contribution in [-0.4, -0.2) is 33.7 Å². The van der Waals surface area contributed by atoms with Gasteiger partial charge in [-0.1, -0.05) is 6.92 Å². The van der Waals surface area contributed by atoms with Gasteiger partial charge in [-0.3, -0.25) is 4.79 Å². The maximum Gasteiger partial charge on any atom is 0.416 e. The molecule has 11 heteroatoms. The van der Waals surface area contributed by atoms with Crippen LogP contribution in [0, 0.1) is 0 Å². The molecule has 8 nitrogen and oxygen atoms in total. The Kier molecular flexibility index (Phi) is 5.67. The fraction of sp³-hybridized carbons (Fsp3) is 0.235. The SMILES string of the molecule is CCCOc1ccc(C(F)(F)F)cc1-c1c(C(=O)O)c(N)[nH]c(=O)c1C(=O)O. The van der Waals surface area contributed by atoms with Crippen LogP contribution in [0.4, 0.5) is 19.0 Å². The number of nitrogen functional groups attached to an aromatic ring is 1. The lowest BCUT2D eigenvalue weighted by Gasteiger charge is -2.18. The van der Waals surface area contributed by atoms with Crippen LogP contribution in [0.1, 0.15) is 39.6 Å². The minimum absolute atomic E-state index is 0.0574. The summed E-state index contributed by atoms with van der Waals surface area (Å²) >= 11 is 0. The maximum atomic E-state index is 13.2. The highest BCUT2D eigenvalue weighted by molar-refractivity contribution is 6.08. The van der Waals surface area contributed by atoms with E-state index in [9.17, 15) is 37.8 Å². The number of nitrogens with two attached hydrogens (primary N) is 1. The van der Waals surface area contributed by atoms with Crippen LogP contribution in [0.5, 0.6) is 5.75 Å². The van der Waals surface area contributed by atoms with Gasteiger partial charge in [0.05, 0.1) is 12.2 Å². The smallest absolute Gasteiger partial charge is 0.416 e. The van der Waals surface area contributed by atoms with Crippen molar-refractivity contribution in [3.05, 3.63) is 45.2 Å². The zero-order chi connectivity index (χ0) is 21.2. The zero-order valence-electron chi connectivity index (χ0n) is 14.4. The number of aromatic amines is 1. The number of halogens is 3. The van der Waals surface area contributed by atoms with Crippen LogP contribution in [0.3, 0.4) is 0 Å². The van der Waals surface area contributed by atoms with E-state index in [2.05, 4.69) is 0 Å². The first-order chi connectivity index (χ1) is 13.0. The standard InChI is InChI=1S/C17H15F3N2O6/c1-2-5-28-9-4-3-7(17(18,19)20)6-8(9)10-11(15(24)25)13(21)22-14(23)12(10)16(26)27/h3-4,6H,2,5H2,1H3,(H,24,25)(H,26,27)(H3,21,22,23). The highest BCUT2D eigenvalue weighted by Crippen LogP contribution is 2.40. The largest absolute Gasteiger partial charge is 0.493 e. The molecule has 0 unspecified atom stereocenters. The summed E-state index contributed by atoms with van der Waals surface area (Å²) in [6.45, 7) is 1.78. The van der Waals surface area contributed by atoms with Crippen molar-refractivity contribution in [2.45, 2.75) is 19.5 Å². The summed E-state index contributed by atoms with van der Waals surface area (Å²) in [5.41, 5.74) is -0.127. The van der Waals surface area contributed by atoms with Gasteiger partial charge in [0.15, 0.2) is 0 Å². The van der Waals surface area contributed by atoms with Gasteiger partial charge in [0.2, 0.25) is 0 Å². The van der Waals surface area contributed by atoms with Gasteiger partial charge in [0.1, 0.15) is 22.7 Å². The lowest BCUT2D eigenvalue weighted by Crippen LogP contribution is -2.24. The summed E-state index contributed by atoms with van der Waals surface area (Å²) in [5.74, 6) is -4.48. The van der Waals surface area contributed by atoms with Crippen molar-refractivity contribution >= 4 is 17.8 Å². The number of aromatic nitrogens is 1. The average molecular weight is 400 g/mol. The predicted octanol–water partition coefficient (Wildman–Crippen LogP) is 2.83. The quantitative estimate of drug-likeness (QED) is 0.584. The van der Waals surface area contributed by atoms with Gasteiger partial charge in [0.25, 0.3) is 5.56 Å². The first kappa shape index (κ1) is 20.8. The van der Waals surface area contributed by atoms with Crippen LogP contribution in [0.2, 0.25) is 0 Å². The summed E-state index contributed by atoms with van der Waals surface area (Å²) in [6, 6.07) is 2.16. The molecule has 2 aromatic rings. The van der Waals surface area contributed by atoms with Crippen LogP contribution in [0.25, 0.3) is 11.1 Å². The number of pyridine rings is 1. The van der Waals surface area contributed by atoms with Crippen molar-refractivity contribution < 1.29 is 37.7 Å². The number of benzene rings is 1. The Morgan fingerprint density at radius 3 is 2.29 bits per heavy atom. The lowest BCUT2D eigenvalue weighted by atomic mass is 9.93. The number of anilines is 1. The first-order valence-corrected chi connectivity index (χ1v) is 7.85. The number of carbonyl (C=O) groups is 2. The van der Waals surface area contributed by atoms with E-state index >= 15 is 0 Å². The number of alkyl halides is 3. The third-order valence-electron chi connectivity index (χ3n) is 3.71. The number of hydrogen-bond donors (Lipinski definition) is 4. The van der Waals surface area contributed by atoms with Gasteiger partial charge in [-0.25, -0.2) is 9.59 Å². The van der Waals surface area contributed by atoms with E-state index in [4.69, 9.17) is 10.5 Å². The molecule has 0 bridgehead atoms. The molecule has 0 saturated heterocycles. The van der Waals surface area contributed by atoms with E-state index in [1.165, 1.54) is 0 Å². The third kappa shape index (κ3) is 3.92. The van der Waals surface area contributed by atoms with Crippen LogP contribution < -0.4 is 16.0 Å². The Morgan fingerprint density at radius 2 is 1.79 bits per heavy atom. The highest BCUT2D eigenvalue weighted by atomic mass is 19.4. The normalized spacial score (nSPS) is 11.3. The Hall–Kier alpha value is -3.50. The fourth-order valence-corrected chi connectivity index (χ4v) is 2.56. The van der Waals surface area contributed by atoms with Gasteiger partial charge in [-0.15, -0.1) is 0 Å². The average Bonchev–Trinajstić information content (AvgIpc) is 2.57. The third-order valence-corrected chi connectivity index (χ3v) is 3.71. The molecule has 0 aliphatic heterocycles. The molecular formula is C17H15F3N2O6. The van der Waals surface area contributed by atoms with Crippen LogP contribution in [0.15, 0.2) is 23.0 Å². The summed E-state index contributed by atoms with van der Waals surface area (Å²) in [6.07, 6.45) is -4.34. The Balaban J connectivity index is 3.01. The van der Waals surface area contributed by atoms with Gasteiger partial charge in [-0.05, 0) is 24.6 Å². The molecule has 0 fully saturated rings. The molecule has 1 aromatic heterocycles. The molecule has 2 rings (SSSR count). The Bertz CT molecular complexity index is 998. The van der Waals surface area contributed by atoms with Crippen molar-refractivity contribution in [1.82, 2.24) is 4.98 Å². The van der Waals surface area contributed by atoms with E-state index in [0.717, 1.165) is 6.07 Å². The van der Waals surface area contributed by atoms with Gasteiger partial charge >= 0.3 is 18.1 Å². The van der Waals surface area contributed by atoms with E-state index in [1.54, 1.807) is 6.92 Å². The number of hydrogen-bond acceptors (Lipinski definition) is 5. The molecule has 1 heterocycles. The second-order valence-electron chi connectivity index (χ2n) is 5.66. The molecule has 28 heavy (non-hydrogen) atoms. The minimum Gasteiger partial charge on any atom is -0.493 e. The predicted molar refractivity (Wildman–Crippen MR) is 91.6 cm³/mol. The molecule has 0 amide bonds. The molecule has 0 aliphatic rings. The van der Waals surface area contributed by atoms with Crippen molar-refractivity contribution in [2.24, 2.45) is 0 Å². The van der Waals surface area contributed by atoms with Crippen LogP contribution in [-0.2, 0) is 6.18 Å². The van der Waals surface area contributed by atoms with E-state index in [-0.39, 0.29) is 12.4 Å². The Morgan fingerprint density at radius 1 is 1.18 bits per heavy atom. The van der Waals surface area contributed by atoms with Gasteiger partial charge < -0.3 is 25.7 Å². The molecule has 150 valence electrons. The van der Waals surface area contributed by atoms with E-state index in [1.807, 2.05) is 4.98 Å². The zero-order valence-corrected chi connectivity index (χ0v) is 14.4. The van der Waals surface area contributed by atoms with Crippen molar-refractivity contribution in [3.63, 3.8) is 0 Å². The maximum absolute atomic E-state index is 13.2. The van der Waals surface area contributed by atoms with Crippen LogP contribution >= 0.6 is 0 Å². The van der Waals surface area contributed by atoms with Crippen molar-refractivity contribution in [1.29, 1.82) is 0 Å². The molecule has 0 radical (unpaired) electrons. The molecule has 0 spiro atoms. The minimum atomic E-state index is -4.81. The second-order valence-corrected chi connectivity index (χ2v) is 5.66. The summed E-state index contributed by atoms with van der Waals surface area (Å²) < 4.78 is 44.9. The molecule has 1 aromatic carbocycles. The number of carboxylic acid groups (broad SMARTS) is 2. The number of carboxylic acids is 2. The monoisotopic (exact) mass is 400 g/mol. The van der Waals surface area contributed by atoms with E-state index < -0.39 is 57.3 Å². The van der Waals surface area contributed by atoms with E-state index in [0.29, 0.717) is 18.6 Å². The Labute approximate surface area is 155 Å². The summed E-state index contributed by atoms with van der Waals surface area (Å²) in [4.78, 5) is 37.2. The fourth-order valence-electron chi connectivity index (χ4n) is 2.56. The molecule has 5 N–H and O–H groups in total. The molecule has 0 atom stereocenters. The van der Waals surface area contributed by atoms with Gasteiger partial charge in [-0.2, -0.15) is 13.2 Å². The summed E-state index contributed by atoms with van der Waals surface area (Å²) in [5, 5.41) is 18.8. The number of nitrogens with one attached hydrogen (secondary N) is 1. The highest BCUT2D eigenvalue weighted by Gasteiger charge is 2.34. The second kappa shape index (κ2) is 7.62.